The van der Waals surface area contributed by atoms with Crippen LogP contribution in [0.3, 0.4) is 0 Å². The second kappa shape index (κ2) is 4.43. The Morgan fingerprint density at radius 3 is 2.88 bits per heavy atom. The van der Waals surface area contributed by atoms with Crippen LogP contribution in [-0.4, -0.2) is 27.4 Å². The summed E-state index contributed by atoms with van der Waals surface area (Å²) in [5.74, 6) is 1.45. The first-order valence-corrected chi connectivity index (χ1v) is 5.50. The summed E-state index contributed by atoms with van der Waals surface area (Å²) >= 11 is 0. The molecule has 0 N–H and O–H groups in total. The Morgan fingerprint density at radius 1 is 1.38 bits per heavy atom. The van der Waals surface area contributed by atoms with Gasteiger partial charge in [0.1, 0.15) is 11.4 Å². The van der Waals surface area contributed by atoms with Crippen molar-refractivity contribution in [3.05, 3.63) is 24.3 Å². The number of aromatic nitrogens is 3. The third-order valence-corrected chi connectivity index (χ3v) is 2.34. The van der Waals surface area contributed by atoms with E-state index in [1.807, 2.05) is 31.2 Å². The van der Waals surface area contributed by atoms with E-state index in [4.69, 9.17) is 0 Å². The standard InChI is InChI=1S/C12H16N4/c1-9(2)8-13-10(3)16-12-7-5-4-6-11(12)14-15-16/h4-7,9H,8H2,1-3H3. The molecule has 16 heavy (non-hydrogen) atoms. The highest BCUT2D eigenvalue weighted by Crippen LogP contribution is 2.09. The molecule has 2 rings (SSSR count). The zero-order chi connectivity index (χ0) is 11.5. The number of benzene rings is 1. The van der Waals surface area contributed by atoms with Gasteiger partial charge in [-0.15, -0.1) is 5.10 Å². The molecule has 0 unspecified atom stereocenters. The van der Waals surface area contributed by atoms with Crippen LogP contribution in [0.15, 0.2) is 29.3 Å². The first-order valence-electron chi connectivity index (χ1n) is 5.50. The number of hydrogen-bond acceptors (Lipinski definition) is 3. The molecule has 1 aromatic heterocycles. The summed E-state index contributed by atoms with van der Waals surface area (Å²) in [6.07, 6.45) is 0. The number of aliphatic imine (C=N–C) groups is 1. The van der Waals surface area contributed by atoms with E-state index in [9.17, 15) is 0 Å². The zero-order valence-electron chi connectivity index (χ0n) is 9.88. The van der Waals surface area contributed by atoms with E-state index in [1.165, 1.54) is 0 Å². The number of nitrogens with zero attached hydrogens (tertiary/aromatic N) is 4. The van der Waals surface area contributed by atoms with Crippen LogP contribution in [0.1, 0.15) is 20.8 Å². The van der Waals surface area contributed by atoms with Crippen molar-refractivity contribution in [1.29, 1.82) is 0 Å². The molecule has 0 radical (unpaired) electrons. The molecule has 0 fully saturated rings. The van der Waals surface area contributed by atoms with Crippen molar-refractivity contribution in [3.8, 4) is 0 Å². The largest absolute Gasteiger partial charge is 0.270 e. The molecule has 0 amide bonds. The summed E-state index contributed by atoms with van der Waals surface area (Å²) in [7, 11) is 0. The van der Waals surface area contributed by atoms with E-state index in [0.29, 0.717) is 5.92 Å². The third-order valence-electron chi connectivity index (χ3n) is 2.34. The minimum absolute atomic E-state index is 0.560. The van der Waals surface area contributed by atoms with Crippen LogP contribution in [-0.2, 0) is 0 Å². The molecule has 84 valence electrons. The van der Waals surface area contributed by atoms with E-state index >= 15 is 0 Å². The van der Waals surface area contributed by atoms with Crippen LogP contribution in [0.5, 0.6) is 0 Å². The van der Waals surface area contributed by atoms with Gasteiger partial charge in [0.05, 0.1) is 5.52 Å². The lowest BCUT2D eigenvalue weighted by Crippen LogP contribution is -2.11. The SMILES string of the molecule is CC(=NCC(C)C)n1nnc2ccccc21. The molecule has 2 aromatic rings. The molecular weight excluding hydrogens is 200 g/mol. The van der Waals surface area contributed by atoms with Gasteiger partial charge in [-0.1, -0.05) is 31.2 Å². The van der Waals surface area contributed by atoms with Gasteiger partial charge in [-0.3, -0.25) is 4.99 Å². The summed E-state index contributed by atoms with van der Waals surface area (Å²) in [6, 6.07) is 7.90. The third kappa shape index (κ3) is 2.10. The van der Waals surface area contributed by atoms with E-state index < -0.39 is 0 Å². The summed E-state index contributed by atoms with van der Waals surface area (Å²) in [5.41, 5.74) is 1.91. The van der Waals surface area contributed by atoms with Gasteiger partial charge in [0.15, 0.2) is 0 Å². The molecule has 4 heteroatoms. The average molecular weight is 216 g/mol. The van der Waals surface area contributed by atoms with Crippen LogP contribution >= 0.6 is 0 Å². The molecule has 0 saturated heterocycles. The lowest BCUT2D eigenvalue weighted by Gasteiger charge is -2.03. The first-order chi connectivity index (χ1) is 7.68. The van der Waals surface area contributed by atoms with Crippen molar-refractivity contribution in [1.82, 2.24) is 15.0 Å². The normalized spacial score (nSPS) is 12.6. The van der Waals surface area contributed by atoms with Crippen LogP contribution < -0.4 is 0 Å². The number of hydrogen-bond donors (Lipinski definition) is 0. The fourth-order valence-corrected chi connectivity index (χ4v) is 1.49. The fraction of sp³-hybridized carbons (Fsp3) is 0.417. The van der Waals surface area contributed by atoms with Crippen molar-refractivity contribution in [2.75, 3.05) is 6.54 Å². The van der Waals surface area contributed by atoms with Gasteiger partial charge in [-0.2, -0.15) is 4.68 Å². The number of rotatable bonds is 2. The summed E-state index contributed by atoms with van der Waals surface area (Å²) in [5, 5.41) is 8.21. The van der Waals surface area contributed by atoms with Crippen molar-refractivity contribution in [2.24, 2.45) is 10.9 Å². The lowest BCUT2D eigenvalue weighted by molar-refractivity contribution is 0.661. The average Bonchev–Trinajstić information content (AvgIpc) is 2.69. The van der Waals surface area contributed by atoms with E-state index in [2.05, 4.69) is 29.2 Å². The Bertz CT molecular complexity index is 510. The van der Waals surface area contributed by atoms with Crippen molar-refractivity contribution in [2.45, 2.75) is 20.8 Å². The maximum absolute atomic E-state index is 4.49. The first kappa shape index (κ1) is 10.8. The molecule has 0 bridgehead atoms. The van der Waals surface area contributed by atoms with Gasteiger partial charge >= 0.3 is 0 Å². The fourth-order valence-electron chi connectivity index (χ4n) is 1.49. The predicted octanol–water partition coefficient (Wildman–Crippen LogP) is 2.35. The molecular formula is C12H16N4. The predicted molar refractivity (Wildman–Crippen MR) is 65.7 cm³/mol. The van der Waals surface area contributed by atoms with Crippen LogP contribution in [0, 0.1) is 5.92 Å². The quantitative estimate of drug-likeness (QED) is 0.571. The lowest BCUT2D eigenvalue weighted by atomic mass is 10.2. The maximum Gasteiger partial charge on any atom is 0.124 e. The van der Waals surface area contributed by atoms with Gasteiger partial charge < -0.3 is 0 Å². The Kier molecular flexibility index (Phi) is 2.99. The molecule has 1 aromatic carbocycles. The molecule has 4 nitrogen and oxygen atoms in total. The number of para-hydroxylation sites is 1. The second-order valence-electron chi connectivity index (χ2n) is 4.27. The van der Waals surface area contributed by atoms with Crippen molar-refractivity contribution in [3.63, 3.8) is 0 Å². The van der Waals surface area contributed by atoms with E-state index in [1.54, 1.807) is 4.68 Å². The highest BCUT2D eigenvalue weighted by atomic mass is 15.4. The summed E-state index contributed by atoms with van der Waals surface area (Å²) < 4.78 is 1.79. The van der Waals surface area contributed by atoms with Gasteiger partial charge in [0.2, 0.25) is 0 Å². The van der Waals surface area contributed by atoms with E-state index in [-0.39, 0.29) is 0 Å². The van der Waals surface area contributed by atoms with Crippen LogP contribution in [0.2, 0.25) is 0 Å². The summed E-state index contributed by atoms with van der Waals surface area (Å²) in [6.45, 7) is 7.08. The van der Waals surface area contributed by atoms with Crippen molar-refractivity contribution < 1.29 is 0 Å². The van der Waals surface area contributed by atoms with Gasteiger partial charge in [-0.05, 0) is 25.0 Å². The highest BCUT2D eigenvalue weighted by Gasteiger charge is 2.05. The van der Waals surface area contributed by atoms with Gasteiger partial charge in [0.25, 0.3) is 0 Å². The molecule has 0 aliphatic heterocycles. The molecule has 0 saturated carbocycles. The Morgan fingerprint density at radius 2 is 2.12 bits per heavy atom. The molecule has 0 atom stereocenters. The highest BCUT2D eigenvalue weighted by molar-refractivity contribution is 5.90. The Hall–Kier alpha value is -1.71. The Labute approximate surface area is 95.0 Å². The zero-order valence-corrected chi connectivity index (χ0v) is 9.88. The van der Waals surface area contributed by atoms with Crippen LogP contribution in [0.4, 0.5) is 0 Å². The second-order valence-corrected chi connectivity index (χ2v) is 4.27. The van der Waals surface area contributed by atoms with Crippen LogP contribution in [0.25, 0.3) is 11.0 Å². The topological polar surface area (TPSA) is 43.1 Å². The monoisotopic (exact) mass is 216 g/mol. The van der Waals surface area contributed by atoms with Gasteiger partial charge in [-0.25, -0.2) is 0 Å². The smallest absolute Gasteiger partial charge is 0.124 e. The minimum Gasteiger partial charge on any atom is -0.270 e. The maximum atomic E-state index is 4.49. The summed E-state index contributed by atoms with van der Waals surface area (Å²) in [4.78, 5) is 4.49. The van der Waals surface area contributed by atoms with Gasteiger partial charge in [0, 0.05) is 6.54 Å². The molecule has 1 heterocycles. The molecule has 0 aliphatic carbocycles. The van der Waals surface area contributed by atoms with E-state index in [0.717, 1.165) is 23.4 Å². The van der Waals surface area contributed by atoms with Crippen molar-refractivity contribution >= 4 is 16.9 Å². The Balaban J connectivity index is 2.36. The molecule has 0 aliphatic rings. The minimum atomic E-state index is 0.560. The number of fused-ring (bicyclic) bond motifs is 1. The molecule has 0 spiro atoms.